The summed E-state index contributed by atoms with van der Waals surface area (Å²) in [6.07, 6.45) is 2.46. The standard InChI is InChI=1S/C20H18BrN3O/c21-16-6-8-17(9-7-16)24-18-10-11-19(23-14-18)20(25)22-13-12-15-4-2-1-3-5-15/h1-11,14,24H,12-13H2,(H,22,25). The lowest BCUT2D eigenvalue weighted by Crippen LogP contribution is -2.26. The summed E-state index contributed by atoms with van der Waals surface area (Å²) in [7, 11) is 0. The van der Waals surface area contributed by atoms with E-state index < -0.39 is 0 Å². The molecule has 2 aromatic carbocycles. The van der Waals surface area contributed by atoms with Gasteiger partial charge in [-0.2, -0.15) is 0 Å². The normalized spacial score (nSPS) is 10.3. The van der Waals surface area contributed by atoms with Gasteiger partial charge in [0.2, 0.25) is 0 Å². The van der Waals surface area contributed by atoms with E-state index in [4.69, 9.17) is 0 Å². The minimum atomic E-state index is -0.161. The van der Waals surface area contributed by atoms with Gasteiger partial charge in [-0.05, 0) is 48.4 Å². The van der Waals surface area contributed by atoms with Crippen LogP contribution in [0.25, 0.3) is 0 Å². The Kier molecular flexibility index (Phi) is 5.80. The minimum absolute atomic E-state index is 0.161. The molecule has 3 aromatic rings. The number of halogens is 1. The molecule has 0 saturated heterocycles. The van der Waals surface area contributed by atoms with Crippen LogP contribution in [0.5, 0.6) is 0 Å². The molecule has 1 amide bonds. The number of pyridine rings is 1. The number of anilines is 2. The number of rotatable bonds is 6. The molecule has 0 fully saturated rings. The van der Waals surface area contributed by atoms with Gasteiger partial charge in [-0.25, -0.2) is 4.98 Å². The van der Waals surface area contributed by atoms with E-state index in [1.54, 1.807) is 12.3 Å². The Morgan fingerprint density at radius 1 is 0.920 bits per heavy atom. The van der Waals surface area contributed by atoms with E-state index in [1.165, 1.54) is 5.56 Å². The number of carbonyl (C=O) groups excluding carboxylic acids is 1. The fraction of sp³-hybridized carbons (Fsp3) is 0.100. The van der Waals surface area contributed by atoms with E-state index in [1.807, 2.05) is 60.7 Å². The van der Waals surface area contributed by atoms with Crippen LogP contribution >= 0.6 is 15.9 Å². The number of benzene rings is 2. The van der Waals surface area contributed by atoms with Gasteiger partial charge in [0.1, 0.15) is 5.69 Å². The van der Waals surface area contributed by atoms with E-state index in [0.717, 1.165) is 22.3 Å². The molecule has 0 unspecified atom stereocenters. The quantitative estimate of drug-likeness (QED) is 0.642. The van der Waals surface area contributed by atoms with Crippen molar-refractivity contribution >= 4 is 33.2 Å². The van der Waals surface area contributed by atoms with Crippen molar-refractivity contribution in [2.75, 3.05) is 11.9 Å². The fourth-order valence-corrected chi connectivity index (χ4v) is 2.62. The van der Waals surface area contributed by atoms with E-state index in [9.17, 15) is 4.79 Å². The maximum Gasteiger partial charge on any atom is 0.269 e. The number of nitrogens with one attached hydrogen (secondary N) is 2. The maximum absolute atomic E-state index is 12.1. The van der Waals surface area contributed by atoms with Crippen molar-refractivity contribution < 1.29 is 4.79 Å². The average Bonchev–Trinajstić information content (AvgIpc) is 2.65. The van der Waals surface area contributed by atoms with Crippen molar-refractivity contribution in [2.45, 2.75) is 6.42 Å². The first-order chi connectivity index (χ1) is 12.2. The van der Waals surface area contributed by atoms with Gasteiger partial charge >= 0.3 is 0 Å². The topological polar surface area (TPSA) is 54.0 Å². The highest BCUT2D eigenvalue weighted by molar-refractivity contribution is 9.10. The second-order valence-electron chi connectivity index (χ2n) is 5.56. The Bertz CT molecular complexity index is 818. The molecule has 3 rings (SSSR count). The molecular weight excluding hydrogens is 378 g/mol. The van der Waals surface area contributed by atoms with E-state index in [0.29, 0.717) is 12.2 Å². The highest BCUT2D eigenvalue weighted by atomic mass is 79.9. The number of amides is 1. The number of carbonyl (C=O) groups is 1. The van der Waals surface area contributed by atoms with Crippen LogP contribution in [0.4, 0.5) is 11.4 Å². The van der Waals surface area contributed by atoms with Crippen LogP contribution in [0.15, 0.2) is 77.4 Å². The lowest BCUT2D eigenvalue weighted by atomic mass is 10.1. The lowest BCUT2D eigenvalue weighted by Gasteiger charge is -2.08. The zero-order chi connectivity index (χ0) is 17.5. The van der Waals surface area contributed by atoms with Gasteiger partial charge in [-0.3, -0.25) is 4.79 Å². The van der Waals surface area contributed by atoms with Crippen LogP contribution in [-0.4, -0.2) is 17.4 Å². The maximum atomic E-state index is 12.1. The second-order valence-corrected chi connectivity index (χ2v) is 6.47. The van der Waals surface area contributed by atoms with Gasteiger partial charge in [-0.15, -0.1) is 0 Å². The number of nitrogens with zero attached hydrogens (tertiary/aromatic N) is 1. The van der Waals surface area contributed by atoms with Gasteiger partial charge < -0.3 is 10.6 Å². The third-order valence-corrected chi connectivity index (χ3v) is 4.20. The first kappa shape index (κ1) is 17.2. The summed E-state index contributed by atoms with van der Waals surface area (Å²) < 4.78 is 1.03. The molecule has 0 spiro atoms. The summed E-state index contributed by atoms with van der Waals surface area (Å²) in [5, 5.41) is 6.14. The van der Waals surface area contributed by atoms with Gasteiger partial charge in [0.25, 0.3) is 5.91 Å². The molecule has 5 heteroatoms. The minimum Gasteiger partial charge on any atom is -0.354 e. The molecule has 1 heterocycles. The van der Waals surface area contributed by atoms with Crippen molar-refractivity contribution in [2.24, 2.45) is 0 Å². The molecular formula is C20H18BrN3O. The molecule has 4 nitrogen and oxygen atoms in total. The number of hydrogen-bond donors (Lipinski definition) is 2. The molecule has 0 aliphatic carbocycles. The van der Waals surface area contributed by atoms with Crippen molar-refractivity contribution in [1.82, 2.24) is 10.3 Å². The van der Waals surface area contributed by atoms with Crippen LogP contribution < -0.4 is 10.6 Å². The van der Waals surface area contributed by atoms with Gasteiger partial charge in [0, 0.05) is 16.7 Å². The third-order valence-electron chi connectivity index (χ3n) is 3.67. The molecule has 0 saturated carbocycles. The zero-order valence-electron chi connectivity index (χ0n) is 13.6. The van der Waals surface area contributed by atoms with Crippen LogP contribution in [0.1, 0.15) is 16.1 Å². The first-order valence-corrected chi connectivity index (χ1v) is 8.81. The molecule has 126 valence electrons. The largest absolute Gasteiger partial charge is 0.354 e. The smallest absolute Gasteiger partial charge is 0.269 e. The van der Waals surface area contributed by atoms with E-state index in [2.05, 4.69) is 31.5 Å². The molecule has 0 aliphatic rings. The highest BCUT2D eigenvalue weighted by Gasteiger charge is 2.06. The summed E-state index contributed by atoms with van der Waals surface area (Å²) in [6.45, 7) is 0.587. The Balaban J connectivity index is 1.52. The molecule has 0 bridgehead atoms. The van der Waals surface area contributed by atoms with Crippen LogP contribution in [0, 0.1) is 0 Å². The first-order valence-electron chi connectivity index (χ1n) is 8.01. The Hall–Kier alpha value is -2.66. The van der Waals surface area contributed by atoms with Crippen LogP contribution in [0.2, 0.25) is 0 Å². The SMILES string of the molecule is O=C(NCCc1ccccc1)c1ccc(Nc2ccc(Br)cc2)cn1. The highest BCUT2D eigenvalue weighted by Crippen LogP contribution is 2.18. The molecule has 1 aromatic heterocycles. The molecule has 0 aliphatic heterocycles. The fourth-order valence-electron chi connectivity index (χ4n) is 2.36. The molecule has 2 N–H and O–H groups in total. The summed E-state index contributed by atoms with van der Waals surface area (Å²) in [5.41, 5.74) is 3.41. The van der Waals surface area contributed by atoms with Crippen molar-refractivity contribution in [1.29, 1.82) is 0 Å². The monoisotopic (exact) mass is 395 g/mol. The van der Waals surface area contributed by atoms with E-state index in [-0.39, 0.29) is 5.91 Å². The van der Waals surface area contributed by atoms with Crippen molar-refractivity contribution in [3.05, 3.63) is 88.7 Å². The molecule has 0 atom stereocenters. The van der Waals surface area contributed by atoms with Gasteiger partial charge in [0.05, 0.1) is 11.9 Å². The van der Waals surface area contributed by atoms with Crippen LogP contribution in [-0.2, 0) is 6.42 Å². The number of hydrogen-bond acceptors (Lipinski definition) is 3. The Morgan fingerprint density at radius 3 is 2.32 bits per heavy atom. The van der Waals surface area contributed by atoms with Gasteiger partial charge in [0.15, 0.2) is 0 Å². The predicted octanol–water partition coefficient (Wildman–Crippen LogP) is 4.56. The van der Waals surface area contributed by atoms with Crippen molar-refractivity contribution in [3.63, 3.8) is 0 Å². The van der Waals surface area contributed by atoms with Crippen LogP contribution in [0.3, 0.4) is 0 Å². The third kappa shape index (κ3) is 5.16. The summed E-state index contributed by atoms with van der Waals surface area (Å²) in [6, 6.07) is 21.5. The molecule has 25 heavy (non-hydrogen) atoms. The average molecular weight is 396 g/mol. The predicted molar refractivity (Wildman–Crippen MR) is 104 cm³/mol. The summed E-state index contributed by atoms with van der Waals surface area (Å²) in [5.74, 6) is -0.161. The van der Waals surface area contributed by atoms with Crippen molar-refractivity contribution in [3.8, 4) is 0 Å². The van der Waals surface area contributed by atoms with Gasteiger partial charge in [-0.1, -0.05) is 46.3 Å². The molecule has 0 radical (unpaired) electrons. The Morgan fingerprint density at radius 2 is 1.64 bits per heavy atom. The zero-order valence-corrected chi connectivity index (χ0v) is 15.2. The number of aromatic nitrogens is 1. The lowest BCUT2D eigenvalue weighted by molar-refractivity contribution is 0.0949. The Labute approximate surface area is 155 Å². The summed E-state index contributed by atoms with van der Waals surface area (Å²) >= 11 is 3.41. The summed E-state index contributed by atoms with van der Waals surface area (Å²) in [4.78, 5) is 16.4. The van der Waals surface area contributed by atoms with E-state index >= 15 is 0 Å². The second kappa shape index (κ2) is 8.44.